The molecular formula is C27H31N5O2. The minimum absolute atomic E-state index is 0.000647. The summed E-state index contributed by atoms with van der Waals surface area (Å²) in [5, 5.41) is 13.6. The Bertz CT molecular complexity index is 1320. The van der Waals surface area contributed by atoms with Gasteiger partial charge in [-0.1, -0.05) is 0 Å². The summed E-state index contributed by atoms with van der Waals surface area (Å²) in [4.78, 5) is 20.7. The Morgan fingerprint density at radius 3 is 2.71 bits per heavy atom. The summed E-state index contributed by atoms with van der Waals surface area (Å²) < 4.78 is 6.05. The monoisotopic (exact) mass is 457 g/mol. The number of pyridine rings is 1. The highest BCUT2D eigenvalue weighted by Gasteiger charge is 2.22. The Kier molecular flexibility index (Phi) is 6.16. The van der Waals surface area contributed by atoms with Gasteiger partial charge in [0.25, 0.3) is 5.56 Å². The molecule has 2 aliphatic rings. The molecule has 2 aliphatic heterocycles. The van der Waals surface area contributed by atoms with Gasteiger partial charge in [-0.15, -0.1) is 0 Å². The van der Waals surface area contributed by atoms with Crippen molar-refractivity contribution in [2.75, 3.05) is 49.5 Å². The van der Waals surface area contributed by atoms with Gasteiger partial charge in [0.1, 0.15) is 5.75 Å². The van der Waals surface area contributed by atoms with Crippen LogP contribution in [-0.4, -0.2) is 49.2 Å². The number of hydrogen-bond acceptors (Lipinski definition) is 6. The lowest BCUT2D eigenvalue weighted by atomic mass is 9.99. The van der Waals surface area contributed by atoms with E-state index in [-0.39, 0.29) is 5.56 Å². The molecule has 0 unspecified atom stereocenters. The molecular weight excluding hydrogens is 426 g/mol. The quantitative estimate of drug-likeness (QED) is 0.607. The number of H-pyrrole nitrogens is 1. The predicted molar refractivity (Wildman–Crippen MR) is 136 cm³/mol. The Morgan fingerprint density at radius 1 is 1.15 bits per heavy atom. The maximum Gasteiger partial charge on any atom is 0.253 e. The van der Waals surface area contributed by atoms with E-state index in [4.69, 9.17) is 10.00 Å². The summed E-state index contributed by atoms with van der Waals surface area (Å²) in [6.45, 7) is 10.1. The number of piperazine rings is 1. The first-order chi connectivity index (χ1) is 16.6. The second kappa shape index (κ2) is 9.40. The van der Waals surface area contributed by atoms with Gasteiger partial charge in [0.05, 0.1) is 34.8 Å². The third-order valence-electron chi connectivity index (χ3n) is 6.89. The van der Waals surface area contributed by atoms with E-state index in [1.165, 1.54) is 5.69 Å². The maximum absolute atomic E-state index is 12.7. The van der Waals surface area contributed by atoms with Gasteiger partial charge in [0.15, 0.2) is 0 Å². The first-order valence-corrected chi connectivity index (χ1v) is 12.1. The standard InChI is InChI=1S/C27H31N5O2/c1-3-34-24-15-20(14-22-25(24)26-21(27(33)30-22)5-4-8-29-26)17-31-9-11-32(12-10-31)23-7-6-19(16-28)13-18(23)2/h6-7,13-15,29H,3-5,8-12,17H2,1-2H3,(H,30,33). The number of anilines is 2. The van der Waals surface area contributed by atoms with Gasteiger partial charge >= 0.3 is 0 Å². The van der Waals surface area contributed by atoms with E-state index in [1.807, 2.05) is 19.1 Å². The summed E-state index contributed by atoms with van der Waals surface area (Å²) >= 11 is 0. The van der Waals surface area contributed by atoms with Crippen molar-refractivity contribution in [2.24, 2.45) is 0 Å². The van der Waals surface area contributed by atoms with Crippen molar-refractivity contribution in [1.82, 2.24) is 9.88 Å². The smallest absolute Gasteiger partial charge is 0.253 e. The largest absolute Gasteiger partial charge is 0.493 e. The van der Waals surface area contributed by atoms with Crippen molar-refractivity contribution in [3.63, 3.8) is 0 Å². The summed E-state index contributed by atoms with van der Waals surface area (Å²) in [6.07, 6.45) is 1.77. The molecule has 1 aromatic heterocycles. The minimum atomic E-state index is 0.000647. The van der Waals surface area contributed by atoms with Crippen LogP contribution in [0.15, 0.2) is 35.1 Å². The van der Waals surface area contributed by atoms with Crippen LogP contribution in [0.4, 0.5) is 11.4 Å². The van der Waals surface area contributed by atoms with E-state index in [9.17, 15) is 4.79 Å². The lowest BCUT2D eigenvalue weighted by Gasteiger charge is -2.37. The summed E-state index contributed by atoms with van der Waals surface area (Å²) in [5.74, 6) is 0.837. The van der Waals surface area contributed by atoms with Crippen LogP contribution in [0, 0.1) is 18.3 Å². The maximum atomic E-state index is 12.7. The van der Waals surface area contributed by atoms with Gasteiger partial charge in [-0.05, 0) is 68.1 Å². The van der Waals surface area contributed by atoms with E-state index in [2.05, 4.69) is 51.3 Å². The highest BCUT2D eigenvalue weighted by molar-refractivity contribution is 5.98. The number of benzene rings is 2. The van der Waals surface area contributed by atoms with Crippen LogP contribution in [0.2, 0.25) is 0 Å². The molecule has 0 atom stereocenters. The van der Waals surface area contributed by atoms with Crippen molar-refractivity contribution in [2.45, 2.75) is 33.2 Å². The zero-order valence-corrected chi connectivity index (χ0v) is 19.9. The fraction of sp³-hybridized carbons (Fsp3) is 0.407. The van der Waals surface area contributed by atoms with Crippen LogP contribution in [0.3, 0.4) is 0 Å². The van der Waals surface area contributed by atoms with Crippen LogP contribution >= 0.6 is 0 Å². The van der Waals surface area contributed by atoms with Crippen LogP contribution < -0.4 is 20.5 Å². The molecule has 3 aromatic rings. The van der Waals surface area contributed by atoms with Crippen molar-refractivity contribution < 1.29 is 4.74 Å². The third kappa shape index (κ3) is 4.22. The highest BCUT2D eigenvalue weighted by atomic mass is 16.5. The third-order valence-corrected chi connectivity index (χ3v) is 6.89. The van der Waals surface area contributed by atoms with E-state index >= 15 is 0 Å². The predicted octanol–water partition coefficient (Wildman–Crippen LogP) is 3.79. The molecule has 0 aliphatic carbocycles. The molecule has 2 aromatic carbocycles. The Labute approximate surface area is 199 Å². The van der Waals surface area contributed by atoms with Crippen molar-refractivity contribution in [1.29, 1.82) is 5.26 Å². The number of nitriles is 1. The molecule has 0 radical (unpaired) electrons. The molecule has 176 valence electrons. The first-order valence-electron chi connectivity index (χ1n) is 12.1. The number of aromatic nitrogens is 1. The number of aromatic amines is 1. The van der Waals surface area contributed by atoms with Crippen LogP contribution in [0.25, 0.3) is 10.9 Å². The molecule has 7 nitrogen and oxygen atoms in total. The van der Waals surface area contributed by atoms with Gasteiger partial charge in [-0.3, -0.25) is 9.69 Å². The molecule has 0 spiro atoms. The van der Waals surface area contributed by atoms with Crippen LogP contribution in [0.5, 0.6) is 5.75 Å². The first kappa shape index (κ1) is 22.3. The lowest BCUT2D eigenvalue weighted by Crippen LogP contribution is -2.46. The van der Waals surface area contributed by atoms with Gasteiger partial charge in [0.2, 0.25) is 0 Å². The minimum Gasteiger partial charge on any atom is -0.493 e. The van der Waals surface area contributed by atoms with Gasteiger partial charge < -0.3 is 19.9 Å². The number of fused-ring (bicyclic) bond motifs is 3. The average Bonchev–Trinajstić information content (AvgIpc) is 2.85. The van der Waals surface area contributed by atoms with E-state index in [1.54, 1.807) is 0 Å². The molecule has 7 heteroatoms. The fourth-order valence-electron chi connectivity index (χ4n) is 5.25. The van der Waals surface area contributed by atoms with E-state index < -0.39 is 0 Å². The van der Waals surface area contributed by atoms with E-state index in [0.29, 0.717) is 12.2 Å². The van der Waals surface area contributed by atoms with Crippen molar-refractivity contribution >= 4 is 22.3 Å². The second-order valence-corrected chi connectivity index (χ2v) is 9.16. The fourth-order valence-corrected chi connectivity index (χ4v) is 5.25. The SMILES string of the molecule is CCOc1cc(CN2CCN(c3ccc(C#N)cc3C)CC2)cc2[nH]c(=O)c3c(c12)NCCC3. The number of nitrogens with one attached hydrogen (secondary N) is 2. The summed E-state index contributed by atoms with van der Waals surface area (Å²) in [5.41, 5.74) is 6.81. The molecule has 1 fully saturated rings. The number of ether oxygens (including phenoxy) is 1. The highest BCUT2D eigenvalue weighted by Crippen LogP contribution is 2.36. The molecule has 5 rings (SSSR count). The zero-order chi connectivity index (χ0) is 23.7. The van der Waals surface area contributed by atoms with Crippen molar-refractivity contribution in [3.05, 3.63) is 62.9 Å². The molecule has 0 bridgehead atoms. The number of nitrogens with zero attached hydrogens (tertiary/aromatic N) is 3. The molecule has 0 saturated carbocycles. The average molecular weight is 458 g/mol. The number of rotatable bonds is 5. The number of aryl methyl sites for hydroxylation is 1. The van der Waals surface area contributed by atoms with Crippen LogP contribution in [-0.2, 0) is 13.0 Å². The molecule has 3 heterocycles. The summed E-state index contributed by atoms with van der Waals surface area (Å²) in [7, 11) is 0. The summed E-state index contributed by atoms with van der Waals surface area (Å²) in [6, 6.07) is 12.4. The Morgan fingerprint density at radius 2 is 1.97 bits per heavy atom. The second-order valence-electron chi connectivity index (χ2n) is 9.16. The Balaban J connectivity index is 1.36. The number of hydrogen-bond donors (Lipinski definition) is 2. The molecule has 0 amide bonds. The van der Waals surface area contributed by atoms with E-state index in [0.717, 1.165) is 91.1 Å². The zero-order valence-electron chi connectivity index (χ0n) is 19.9. The van der Waals surface area contributed by atoms with Gasteiger partial charge in [-0.25, -0.2) is 0 Å². The Hall–Kier alpha value is -3.50. The molecule has 2 N–H and O–H groups in total. The van der Waals surface area contributed by atoms with Crippen LogP contribution in [0.1, 0.15) is 35.6 Å². The van der Waals surface area contributed by atoms with Crippen molar-refractivity contribution in [3.8, 4) is 11.8 Å². The normalized spacial score (nSPS) is 16.1. The van der Waals surface area contributed by atoms with Gasteiger partial charge in [-0.2, -0.15) is 5.26 Å². The topological polar surface area (TPSA) is 84.4 Å². The van der Waals surface area contributed by atoms with Gasteiger partial charge in [0, 0.05) is 50.5 Å². The lowest BCUT2D eigenvalue weighted by molar-refractivity contribution is 0.249. The molecule has 34 heavy (non-hydrogen) atoms. The molecule has 1 saturated heterocycles.